The van der Waals surface area contributed by atoms with Gasteiger partial charge in [0.15, 0.2) is 0 Å². The Bertz CT molecular complexity index is 1140. The maximum Gasteiger partial charge on any atom is 0.0888 e. The SMILES string of the molecule is Cc1cc(C)cc(-c2nc3cc(C)cc(C)c3c3cc(CC(C)C)sc23)c1. The van der Waals surface area contributed by atoms with E-state index in [-0.39, 0.29) is 0 Å². The second-order valence-electron chi connectivity index (χ2n) is 8.37. The van der Waals surface area contributed by atoms with Gasteiger partial charge in [0.2, 0.25) is 0 Å². The highest BCUT2D eigenvalue weighted by Crippen LogP contribution is 2.40. The third-order valence-electron chi connectivity index (χ3n) is 5.06. The molecule has 138 valence electrons. The monoisotopic (exact) mass is 373 g/mol. The highest BCUT2D eigenvalue weighted by atomic mass is 32.1. The number of benzene rings is 2. The Labute approximate surface area is 166 Å². The Morgan fingerprint density at radius 1 is 0.852 bits per heavy atom. The van der Waals surface area contributed by atoms with Crippen LogP contribution in [0.25, 0.3) is 32.2 Å². The van der Waals surface area contributed by atoms with E-state index in [1.54, 1.807) is 0 Å². The van der Waals surface area contributed by atoms with Gasteiger partial charge in [-0.05, 0) is 75.4 Å². The predicted molar refractivity (Wildman–Crippen MR) is 120 cm³/mol. The Balaban J connectivity index is 2.11. The van der Waals surface area contributed by atoms with Crippen molar-refractivity contribution in [3.8, 4) is 11.3 Å². The number of nitrogens with zero attached hydrogens (tertiary/aromatic N) is 1. The molecule has 2 aromatic carbocycles. The smallest absolute Gasteiger partial charge is 0.0888 e. The molecule has 2 heteroatoms. The number of rotatable bonds is 3. The lowest BCUT2D eigenvalue weighted by atomic mass is 9.99. The predicted octanol–water partition coefficient (Wildman–Crippen LogP) is 7.55. The minimum Gasteiger partial charge on any atom is -0.246 e. The van der Waals surface area contributed by atoms with Crippen LogP contribution in [0.3, 0.4) is 0 Å². The first kappa shape index (κ1) is 18.2. The van der Waals surface area contributed by atoms with Gasteiger partial charge in [0.05, 0.1) is 15.9 Å². The van der Waals surface area contributed by atoms with Gasteiger partial charge in [-0.15, -0.1) is 11.3 Å². The van der Waals surface area contributed by atoms with Gasteiger partial charge in [-0.3, -0.25) is 0 Å². The summed E-state index contributed by atoms with van der Waals surface area (Å²) in [4.78, 5) is 6.64. The van der Waals surface area contributed by atoms with Gasteiger partial charge in [-0.1, -0.05) is 37.1 Å². The van der Waals surface area contributed by atoms with Crippen molar-refractivity contribution in [3.05, 3.63) is 63.5 Å². The molecule has 2 aromatic heterocycles. The van der Waals surface area contributed by atoms with Crippen LogP contribution < -0.4 is 0 Å². The first-order chi connectivity index (χ1) is 12.8. The quantitative estimate of drug-likeness (QED) is 0.361. The second kappa shape index (κ2) is 6.76. The third-order valence-corrected chi connectivity index (χ3v) is 6.23. The van der Waals surface area contributed by atoms with Crippen LogP contribution in [0.4, 0.5) is 0 Å². The van der Waals surface area contributed by atoms with Gasteiger partial charge >= 0.3 is 0 Å². The highest BCUT2D eigenvalue weighted by molar-refractivity contribution is 7.19. The minimum absolute atomic E-state index is 0.658. The van der Waals surface area contributed by atoms with Crippen molar-refractivity contribution in [3.63, 3.8) is 0 Å². The maximum absolute atomic E-state index is 5.18. The molecular formula is C25H27NS. The van der Waals surface area contributed by atoms with E-state index in [2.05, 4.69) is 77.9 Å². The molecule has 2 heterocycles. The van der Waals surface area contributed by atoms with Crippen molar-refractivity contribution >= 4 is 32.3 Å². The zero-order valence-corrected chi connectivity index (χ0v) is 17.9. The first-order valence-electron chi connectivity index (χ1n) is 9.74. The van der Waals surface area contributed by atoms with Crippen LogP contribution in [-0.2, 0) is 6.42 Å². The number of hydrogen-bond acceptors (Lipinski definition) is 2. The summed E-state index contributed by atoms with van der Waals surface area (Å²) in [6.07, 6.45) is 1.12. The molecular weight excluding hydrogens is 346 g/mol. The molecule has 27 heavy (non-hydrogen) atoms. The van der Waals surface area contributed by atoms with Crippen LogP contribution in [-0.4, -0.2) is 4.98 Å². The van der Waals surface area contributed by atoms with E-state index in [0.717, 1.165) is 17.6 Å². The van der Waals surface area contributed by atoms with Gasteiger partial charge in [-0.25, -0.2) is 4.98 Å². The Morgan fingerprint density at radius 2 is 1.52 bits per heavy atom. The van der Waals surface area contributed by atoms with Gasteiger partial charge in [0.25, 0.3) is 0 Å². The Morgan fingerprint density at radius 3 is 2.19 bits per heavy atom. The van der Waals surface area contributed by atoms with Crippen molar-refractivity contribution in [1.29, 1.82) is 0 Å². The second-order valence-corrected chi connectivity index (χ2v) is 9.50. The van der Waals surface area contributed by atoms with Gasteiger partial charge in [0.1, 0.15) is 0 Å². The molecule has 1 nitrogen and oxygen atoms in total. The number of thiophene rings is 1. The molecule has 0 unspecified atom stereocenters. The van der Waals surface area contributed by atoms with Crippen molar-refractivity contribution in [1.82, 2.24) is 4.98 Å². The zero-order valence-electron chi connectivity index (χ0n) is 17.1. The van der Waals surface area contributed by atoms with Crippen molar-refractivity contribution in [2.24, 2.45) is 5.92 Å². The van der Waals surface area contributed by atoms with Gasteiger partial charge < -0.3 is 0 Å². The van der Waals surface area contributed by atoms with Crippen LogP contribution >= 0.6 is 11.3 Å². The average Bonchev–Trinajstić information content (AvgIpc) is 2.94. The van der Waals surface area contributed by atoms with Crippen LogP contribution in [0.1, 0.15) is 41.0 Å². The summed E-state index contributed by atoms with van der Waals surface area (Å²) >= 11 is 1.92. The Hall–Kier alpha value is -2.19. The summed E-state index contributed by atoms with van der Waals surface area (Å²) in [6, 6.07) is 13.7. The molecule has 0 aliphatic rings. The van der Waals surface area contributed by atoms with E-state index >= 15 is 0 Å². The van der Waals surface area contributed by atoms with E-state index < -0.39 is 0 Å². The summed E-state index contributed by atoms with van der Waals surface area (Å²) in [5.41, 5.74) is 8.66. The largest absolute Gasteiger partial charge is 0.246 e. The van der Waals surface area contributed by atoms with Gasteiger partial charge in [0, 0.05) is 21.2 Å². The zero-order chi connectivity index (χ0) is 19.3. The molecule has 0 saturated heterocycles. The number of aromatic nitrogens is 1. The van der Waals surface area contributed by atoms with Crippen molar-refractivity contribution < 1.29 is 0 Å². The molecule has 4 aromatic rings. The molecule has 0 amide bonds. The lowest BCUT2D eigenvalue weighted by Crippen LogP contribution is -1.91. The van der Waals surface area contributed by atoms with Gasteiger partial charge in [-0.2, -0.15) is 0 Å². The standard InChI is InChI=1S/C25H27NS/c1-14(2)7-20-13-21-23-18(6)9-17(5)12-22(23)26-24(25(21)27-20)19-10-15(3)8-16(4)11-19/h8-14H,7H2,1-6H3. The fraction of sp³-hybridized carbons (Fsp3) is 0.320. The van der Waals surface area contributed by atoms with Crippen LogP contribution in [0.15, 0.2) is 36.4 Å². The fourth-order valence-electron chi connectivity index (χ4n) is 4.17. The lowest BCUT2D eigenvalue weighted by Gasteiger charge is -2.11. The first-order valence-corrected chi connectivity index (χ1v) is 10.6. The van der Waals surface area contributed by atoms with E-state index in [1.807, 2.05) is 11.3 Å². The van der Waals surface area contributed by atoms with Crippen LogP contribution in [0.5, 0.6) is 0 Å². The Kier molecular flexibility index (Phi) is 4.55. The van der Waals surface area contributed by atoms with Crippen LogP contribution in [0.2, 0.25) is 0 Å². The molecule has 0 bridgehead atoms. The molecule has 0 fully saturated rings. The molecule has 0 aliphatic carbocycles. The molecule has 0 aliphatic heterocycles. The van der Waals surface area contributed by atoms with E-state index in [1.165, 1.54) is 48.2 Å². The maximum atomic E-state index is 5.18. The molecule has 0 saturated carbocycles. The molecule has 0 N–H and O–H groups in total. The summed E-state index contributed by atoms with van der Waals surface area (Å²) < 4.78 is 1.33. The lowest BCUT2D eigenvalue weighted by molar-refractivity contribution is 0.654. The fourth-order valence-corrected chi connectivity index (χ4v) is 5.56. The summed E-state index contributed by atoms with van der Waals surface area (Å²) in [7, 11) is 0. The highest BCUT2D eigenvalue weighted by Gasteiger charge is 2.16. The molecule has 0 radical (unpaired) electrons. The topological polar surface area (TPSA) is 12.9 Å². The summed E-state index contributed by atoms with van der Waals surface area (Å²) in [5.74, 6) is 0.658. The molecule has 4 rings (SSSR count). The van der Waals surface area contributed by atoms with Crippen molar-refractivity contribution in [2.75, 3.05) is 0 Å². The summed E-state index contributed by atoms with van der Waals surface area (Å²) in [6.45, 7) is 13.3. The third kappa shape index (κ3) is 3.39. The number of aryl methyl sites for hydroxylation is 4. The van der Waals surface area contributed by atoms with E-state index in [9.17, 15) is 0 Å². The minimum atomic E-state index is 0.658. The normalized spacial score (nSPS) is 11.8. The van der Waals surface area contributed by atoms with E-state index in [0.29, 0.717) is 5.92 Å². The molecule has 0 spiro atoms. The van der Waals surface area contributed by atoms with E-state index in [4.69, 9.17) is 4.98 Å². The summed E-state index contributed by atoms with van der Waals surface area (Å²) in [5, 5.41) is 2.68. The average molecular weight is 374 g/mol. The van der Waals surface area contributed by atoms with Crippen LogP contribution in [0, 0.1) is 33.6 Å². The van der Waals surface area contributed by atoms with Crippen molar-refractivity contribution in [2.45, 2.75) is 48.0 Å². The number of hydrogen-bond donors (Lipinski definition) is 0. The molecule has 0 atom stereocenters. The number of fused-ring (bicyclic) bond motifs is 3. The number of pyridine rings is 1.